The smallest absolute Gasteiger partial charge is 0.339 e. The van der Waals surface area contributed by atoms with Gasteiger partial charge in [0.2, 0.25) is 0 Å². The highest BCUT2D eigenvalue weighted by molar-refractivity contribution is 5.93. The molecule has 16 heavy (non-hydrogen) atoms. The zero-order chi connectivity index (χ0) is 11.5. The number of para-hydroxylation sites is 1. The van der Waals surface area contributed by atoms with Crippen molar-refractivity contribution in [2.24, 2.45) is 0 Å². The molecule has 0 amide bonds. The predicted molar refractivity (Wildman–Crippen MR) is 61.4 cm³/mol. The molecule has 4 nitrogen and oxygen atoms in total. The van der Waals surface area contributed by atoms with E-state index in [0.717, 1.165) is 31.6 Å². The molecule has 0 bridgehead atoms. The first-order valence-electron chi connectivity index (χ1n) is 5.39. The van der Waals surface area contributed by atoms with Crippen molar-refractivity contribution in [3.05, 3.63) is 23.8 Å². The van der Waals surface area contributed by atoms with Gasteiger partial charge in [0.15, 0.2) is 5.75 Å². The van der Waals surface area contributed by atoms with Gasteiger partial charge < -0.3 is 14.7 Å². The molecule has 0 unspecified atom stereocenters. The molecular formula is C12H15NO3. The second-order valence-electron chi connectivity index (χ2n) is 3.86. The number of ether oxygens (including phenoxy) is 1. The average molecular weight is 221 g/mol. The Kier molecular flexibility index (Phi) is 2.99. The summed E-state index contributed by atoms with van der Waals surface area (Å²) < 4.78 is 5.23. The van der Waals surface area contributed by atoms with Crippen molar-refractivity contribution in [2.45, 2.75) is 12.8 Å². The summed E-state index contributed by atoms with van der Waals surface area (Å²) in [5.74, 6) is -0.477. The monoisotopic (exact) mass is 221 g/mol. The average Bonchev–Trinajstić information content (AvgIpc) is 2.81. The fourth-order valence-corrected chi connectivity index (χ4v) is 2.11. The topological polar surface area (TPSA) is 49.8 Å². The third-order valence-electron chi connectivity index (χ3n) is 2.88. The summed E-state index contributed by atoms with van der Waals surface area (Å²) >= 11 is 0. The van der Waals surface area contributed by atoms with E-state index in [0.29, 0.717) is 5.75 Å². The van der Waals surface area contributed by atoms with Crippen molar-refractivity contribution in [1.29, 1.82) is 0 Å². The van der Waals surface area contributed by atoms with Crippen molar-refractivity contribution in [2.75, 3.05) is 25.1 Å². The van der Waals surface area contributed by atoms with Gasteiger partial charge in [0, 0.05) is 13.1 Å². The van der Waals surface area contributed by atoms with Gasteiger partial charge in [-0.05, 0) is 25.0 Å². The van der Waals surface area contributed by atoms with Crippen LogP contribution in [-0.4, -0.2) is 31.3 Å². The Balaban J connectivity index is 2.43. The SMILES string of the molecule is COc1c(C(=O)O)cccc1N1CCCC1. The first-order chi connectivity index (χ1) is 7.74. The summed E-state index contributed by atoms with van der Waals surface area (Å²) in [6.45, 7) is 1.94. The van der Waals surface area contributed by atoms with E-state index in [9.17, 15) is 4.79 Å². The third-order valence-corrected chi connectivity index (χ3v) is 2.88. The van der Waals surface area contributed by atoms with Crippen LogP contribution in [0.5, 0.6) is 5.75 Å². The number of carbonyl (C=O) groups is 1. The summed E-state index contributed by atoms with van der Waals surface area (Å²) in [5.41, 5.74) is 1.12. The second-order valence-corrected chi connectivity index (χ2v) is 3.86. The van der Waals surface area contributed by atoms with Crippen molar-refractivity contribution >= 4 is 11.7 Å². The van der Waals surface area contributed by atoms with E-state index in [1.54, 1.807) is 12.1 Å². The lowest BCUT2D eigenvalue weighted by Gasteiger charge is -2.21. The highest BCUT2D eigenvalue weighted by Gasteiger charge is 2.20. The maximum Gasteiger partial charge on any atom is 0.339 e. The molecule has 0 aromatic heterocycles. The predicted octanol–water partition coefficient (Wildman–Crippen LogP) is 1.99. The van der Waals surface area contributed by atoms with Crippen molar-refractivity contribution in [3.63, 3.8) is 0 Å². The minimum Gasteiger partial charge on any atom is -0.494 e. The maximum absolute atomic E-state index is 11.0. The number of nitrogens with zero attached hydrogens (tertiary/aromatic N) is 1. The van der Waals surface area contributed by atoms with Crippen LogP contribution in [0.2, 0.25) is 0 Å². The van der Waals surface area contributed by atoms with Crippen LogP contribution in [-0.2, 0) is 0 Å². The number of carboxylic acids is 1. The molecule has 0 saturated carbocycles. The number of rotatable bonds is 3. The van der Waals surface area contributed by atoms with E-state index < -0.39 is 5.97 Å². The molecule has 1 aromatic carbocycles. The Morgan fingerprint density at radius 2 is 2.06 bits per heavy atom. The maximum atomic E-state index is 11.0. The molecule has 0 spiro atoms. The van der Waals surface area contributed by atoms with E-state index in [-0.39, 0.29) is 5.56 Å². The zero-order valence-electron chi connectivity index (χ0n) is 9.27. The van der Waals surface area contributed by atoms with Gasteiger partial charge in [-0.2, -0.15) is 0 Å². The molecule has 1 saturated heterocycles. The normalized spacial score (nSPS) is 15.2. The van der Waals surface area contributed by atoms with E-state index in [1.807, 2.05) is 6.07 Å². The number of aromatic carboxylic acids is 1. The molecule has 1 fully saturated rings. The molecule has 0 aliphatic carbocycles. The van der Waals surface area contributed by atoms with Gasteiger partial charge in [-0.15, -0.1) is 0 Å². The Hall–Kier alpha value is -1.71. The third kappa shape index (κ3) is 1.83. The van der Waals surface area contributed by atoms with Gasteiger partial charge in [-0.3, -0.25) is 0 Å². The Morgan fingerprint density at radius 3 is 2.62 bits per heavy atom. The highest BCUT2D eigenvalue weighted by atomic mass is 16.5. The minimum absolute atomic E-state index is 0.229. The standard InChI is InChI=1S/C12H15NO3/c1-16-11-9(12(14)15)5-4-6-10(11)13-7-2-3-8-13/h4-6H,2-3,7-8H2,1H3,(H,14,15). The van der Waals surface area contributed by atoms with Crippen molar-refractivity contribution in [1.82, 2.24) is 0 Å². The van der Waals surface area contributed by atoms with E-state index in [2.05, 4.69) is 4.90 Å². The van der Waals surface area contributed by atoms with Gasteiger partial charge in [0.25, 0.3) is 0 Å². The van der Waals surface area contributed by atoms with Gasteiger partial charge in [0.1, 0.15) is 5.56 Å². The number of carboxylic acid groups (broad SMARTS) is 1. The zero-order valence-corrected chi connectivity index (χ0v) is 9.27. The van der Waals surface area contributed by atoms with Crippen LogP contribution in [0.4, 0.5) is 5.69 Å². The van der Waals surface area contributed by atoms with Crippen molar-refractivity contribution in [3.8, 4) is 5.75 Å². The molecular weight excluding hydrogens is 206 g/mol. The van der Waals surface area contributed by atoms with Crippen LogP contribution in [0.25, 0.3) is 0 Å². The molecule has 1 aliphatic rings. The molecule has 4 heteroatoms. The number of methoxy groups -OCH3 is 1. The van der Waals surface area contributed by atoms with Crippen LogP contribution in [0.15, 0.2) is 18.2 Å². The first kappa shape index (κ1) is 10.8. The fourth-order valence-electron chi connectivity index (χ4n) is 2.11. The lowest BCUT2D eigenvalue weighted by Crippen LogP contribution is -2.19. The lowest BCUT2D eigenvalue weighted by molar-refractivity contribution is 0.0693. The number of benzene rings is 1. The van der Waals surface area contributed by atoms with Gasteiger partial charge in [-0.25, -0.2) is 4.79 Å². The molecule has 0 radical (unpaired) electrons. The highest BCUT2D eigenvalue weighted by Crippen LogP contribution is 2.33. The van der Waals surface area contributed by atoms with Crippen molar-refractivity contribution < 1.29 is 14.6 Å². The summed E-state index contributed by atoms with van der Waals surface area (Å²) in [4.78, 5) is 13.2. The second kappa shape index (κ2) is 4.43. The van der Waals surface area contributed by atoms with Gasteiger partial charge >= 0.3 is 5.97 Å². The lowest BCUT2D eigenvalue weighted by atomic mass is 10.1. The quantitative estimate of drug-likeness (QED) is 0.848. The summed E-state index contributed by atoms with van der Waals surface area (Å²) in [7, 11) is 1.52. The number of hydrogen-bond donors (Lipinski definition) is 1. The first-order valence-corrected chi connectivity index (χ1v) is 5.39. The van der Waals surface area contributed by atoms with E-state index >= 15 is 0 Å². The van der Waals surface area contributed by atoms with E-state index in [1.165, 1.54) is 7.11 Å². The minimum atomic E-state index is -0.946. The molecule has 1 aliphatic heterocycles. The largest absolute Gasteiger partial charge is 0.494 e. The number of hydrogen-bond acceptors (Lipinski definition) is 3. The van der Waals surface area contributed by atoms with Crippen LogP contribution in [0.3, 0.4) is 0 Å². The molecule has 2 rings (SSSR count). The molecule has 1 aromatic rings. The molecule has 86 valence electrons. The molecule has 1 N–H and O–H groups in total. The van der Waals surface area contributed by atoms with Crippen LogP contribution in [0, 0.1) is 0 Å². The Labute approximate surface area is 94.4 Å². The van der Waals surface area contributed by atoms with Gasteiger partial charge in [-0.1, -0.05) is 6.07 Å². The fraction of sp³-hybridized carbons (Fsp3) is 0.417. The molecule has 0 atom stereocenters. The van der Waals surface area contributed by atoms with Gasteiger partial charge in [0.05, 0.1) is 12.8 Å². The van der Waals surface area contributed by atoms with E-state index in [4.69, 9.17) is 9.84 Å². The molecule has 1 heterocycles. The number of anilines is 1. The Morgan fingerprint density at radius 1 is 1.38 bits per heavy atom. The van der Waals surface area contributed by atoms with Crippen LogP contribution < -0.4 is 9.64 Å². The summed E-state index contributed by atoms with van der Waals surface area (Å²) in [5, 5.41) is 9.07. The summed E-state index contributed by atoms with van der Waals surface area (Å²) in [6, 6.07) is 5.25. The van der Waals surface area contributed by atoms with Crippen LogP contribution >= 0.6 is 0 Å². The Bertz CT molecular complexity index is 397. The summed E-state index contributed by atoms with van der Waals surface area (Å²) in [6.07, 6.45) is 2.31. The van der Waals surface area contributed by atoms with Crippen LogP contribution in [0.1, 0.15) is 23.2 Å².